The molecule has 1 aliphatic heterocycles. The Balaban J connectivity index is 2.05. The molecule has 1 unspecified atom stereocenters. The van der Waals surface area contributed by atoms with E-state index in [2.05, 4.69) is 0 Å². The van der Waals surface area contributed by atoms with E-state index in [0.29, 0.717) is 25.1 Å². The molecule has 0 aromatic heterocycles. The highest BCUT2D eigenvalue weighted by molar-refractivity contribution is 5.83. The third kappa shape index (κ3) is 5.20. The first-order valence-electron chi connectivity index (χ1n) is 8.40. The first-order chi connectivity index (χ1) is 12.2. The molecule has 0 spiro atoms. The topological polar surface area (TPSA) is 49.9 Å². The summed E-state index contributed by atoms with van der Waals surface area (Å²) >= 11 is 0. The molecular weight excluding hydrogens is 349 g/mol. The van der Waals surface area contributed by atoms with Crippen LogP contribution in [-0.2, 0) is 27.0 Å². The molecule has 1 aromatic rings. The van der Waals surface area contributed by atoms with E-state index in [1.54, 1.807) is 25.1 Å². The third-order valence-corrected chi connectivity index (χ3v) is 4.48. The number of halogens is 3. The molecule has 1 atom stereocenters. The van der Waals surface area contributed by atoms with Gasteiger partial charge in [-0.2, -0.15) is 13.2 Å². The molecular formula is C18H23F3N2O3. The van der Waals surface area contributed by atoms with Crippen molar-refractivity contribution in [2.24, 2.45) is 5.92 Å². The van der Waals surface area contributed by atoms with Crippen LogP contribution in [0, 0.1) is 5.92 Å². The van der Waals surface area contributed by atoms with E-state index in [4.69, 9.17) is 4.74 Å². The van der Waals surface area contributed by atoms with Crippen molar-refractivity contribution in [3.8, 4) is 0 Å². The standard InChI is InChI=1S/C18H23F3N2O3/c1-22(8-9-26-2)17(25)14-6-7-16(24)23(12-14)11-13-4-3-5-15(10-13)18(19,20)21/h3-5,10,14H,6-9,11-12H2,1-2H3. The second-order valence-corrected chi connectivity index (χ2v) is 6.46. The van der Waals surface area contributed by atoms with Crippen molar-refractivity contribution in [1.29, 1.82) is 0 Å². The van der Waals surface area contributed by atoms with Gasteiger partial charge < -0.3 is 14.5 Å². The number of nitrogens with zero attached hydrogens (tertiary/aromatic N) is 2. The largest absolute Gasteiger partial charge is 0.416 e. The lowest BCUT2D eigenvalue weighted by Crippen LogP contribution is -2.46. The molecule has 144 valence electrons. The van der Waals surface area contributed by atoms with E-state index in [0.717, 1.165) is 12.1 Å². The minimum absolute atomic E-state index is 0.0638. The number of benzene rings is 1. The Labute approximate surface area is 150 Å². The lowest BCUT2D eigenvalue weighted by atomic mass is 9.95. The average Bonchev–Trinajstić information content (AvgIpc) is 2.60. The zero-order chi connectivity index (χ0) is 19.3. The number of carbonyl (C=O) groups is 2. The number of methoxy groups -OCH3 is 1. The molecule has 0 radical (unpaired) electrons. The maximum absolute atomic E-state index is 12.8. The van der Waals surface area contributed by atoms with E-state index in [9.17, 15) is 22.8 Å². The normalized spacial score (nSPS) is 18.1. The Bertz CT molecular complexity index is 649. The number of rotatable bonds is 6. The molecule has 0 aliphatic carbocycles. The molecule has 0 bridgehead atoms. The van der Waals surface area contributed by atoms with Crippen molar-refractivity contribution in [3.63, 3.8) is 0 Å². The maximum Gasteiger partial charge on any atom is 0.416 e. The third-order valence-electron chi connectivity index (χ3n) is 4.48. The number of hydrogen-bond donors (Lipinski definition) is 0. The van der Waals surface area contributed by atoms with Gasteiger partial charge in [0.05, 0.1) is 18.1 Å². The number of carbonyl (C=O) groups excluding carboxylic acids is 2. The second-order valence-electron chi connectivity index (χ2n) is 6.46. The van der Waals surface area contributed by atoms with Crippen molar-refractivity contribution in [1.82, 2.24) is 9.80 Å². The molecule has 1 aromatic carbocycles. The zero-order valence-corrected chi connectivity index (χ0v) is 14.9. The number of hydrogen-bond acceptors (Lipinski definition) is 3. The minimum Gasteiger partial charge on any atom is -0.383 e. The molecule has 0 saturated carbocycles. The first-order valence-corrected chi connectivity index (χ1v) is 8.40. The van der Waals surface area contributed by atoms with Crippen molar-refractivity contribution < 1.29 is 27.5 Å². The highest BCUT2D eigenvalue weighted by atomic mass is 19.4. The lowest BCUT2D eigenvalue weighted by molar-refractivity contribution is -0.143. The Hall–Kier alpha value is -2.09. The van der Waals surface area contributed by atoms with Gasteiger partial charge in [-0.3, -0.25) is 9.59 Å². The summed E-state index contributed by atoms with van der Waals surface area (Å²) in [5, 5.41) is 0. The molecule has 26 heavy (non-hydrogen) atoms. The zero-order valence-electron chi connectivity index (χ0n) is 14.9. The summed E-state index contributed by atoms with van der Waals surface area (Å²) < 4.78 is 43.5. The fourth-order valence-electron chi connectivity index (χ4n) is 2.99. The van der Waals surface area contributed by atoms with Gasteiger partial charge in [0.15, 0.2) is 0 Å². The summed E-state index contributed by atoms with van der Waals surface area (Å²) in [5.41, 5.74) is -0.347. The molecule has 2 amide bonds. The van der Waals surface area contributed by atoms with Crippen LogP contribution in [0.25, 0.3) is 0 Å². The van der Waals surface area contributed by atoms with E-state index in [-0.39, 0.29) is 37.2 Å². The number of likely N-dealkylation sites (tertiary alicyclic amines) is 1. The fraction of sp³-hybridized carbons (Fsp3) is 0.556. The number of ether oxygens (including phenoxy) is 1. The van der Waals surface area contributed by atoms with Gasteiger partial charge in [-0.05, 0) is 24.1 Å². The molecule has 2 rings (SSSR count). The quantitative estimate of drug-likeness (QED) is 0.771. The second kappa shape index (κ2) is 8.53. The van der Waals surface area contributed by atoms with Crippen LogP contribution < -0.4 is 0 Å². The van der Waals surface area contributed by atoms with Crippen molar-refractivity contribution in [3.05, 3.63) is 35.4 Å². The van der Waals surface area contributed by atoms with Gasteiger partial charge in [0, 0.05) is 40.2 Å². The van der Waals surface area contributed by atoms with Crippen molar-refractivity contribution in [2.75, 3.05) is 33.9 Å². The van der Waals surface area contributed by atoms with Crippen molar-refractivity contribution in [2.45, 2.75) is 25.6 Å². The maximum atomic E-state index is 12.8. The van der Waals surface area contributed by atoms with Crippen LogP contribution in [0.3, 0.4) is 0 Å². The van der Waals surface area contributed by atoms with Gasteiger partial charge >= 0.3 is 6.18 Å². The lowest BCUT2D eigenvalue weighted by Gasteiger charge is -2.34. The summed E-state index contributed by atoms with van der Waals surface area (Å²) in [6, 6.07) is 4.93. The van der Waals surface area contributed by atoms with Gasteiger partial charge in [-0.15, -0.1) is 0 Å². The van der Waals surface area contributed by atoms with Crippen LogP contribution in [0.1, 0.15) is 24.0 Å². The van der Waals surface area contributed by atoms with E-state index in [1.165, 1.54) is 11.0 Å². The molecule has 1 saturated heterocycles. The van der Waals surface area contributed by atoms with Crippen LogP contribution in [0.4, 0.5) is 13.2 Å². The monoisotopic (exact) mass is 372 g/mol. The number of alkyl halides is 3. The van der Waals surface area contributed by atoms with Crippen LogP contribution >= 0.6 is 0 Å². The van der Waals surface area contributed by atoms with Crippen LogP contribution in [0.15, 0.2) is 24.3 Å². The van der Waals surface area contributed by atoms with E-state index >= 15 is 0 Å². The SMILES string of the molecule is COCCN(C)C(=O)C1CCC(=O)N(Cc2cccc(C(F)(F)F)c2)C1. The Morgan fingerprint density at radius 3 is 2.77 bits per heavy atom. The summed E-state index contributed by atoms with van der Waals surface area (Å²) in [4.78, 5) is 27.7. The molecule has 1 aliphatic rings. The molecule has 0 N–H and O–H groups in total. The summed E-state index contributed by atoms with van der Waals surface area (Å²) in [5.74, 6) is -0.574. The molecule has 1 heterocycles. The number of piperidine rings is 1. The summed E-state index contributed by atoms with van der Waals surface area (Å²) in [6.45, 7) is 1.15. The fourth-order valence-corrected chi connectivity index (χ4v) is 2.99. The molecule has 8 heteroatoms. The van der Waals surface area contributed by atoms with Gasteiger partial charge in [-0.1, -0.05) is 12.1 Å². The number of amides is 2. The smallest absolute Gasteiger partial charge is 0.383 e. The average molecular weight is 372 g/mol. The predicted octanol–water partition coefficient (Wildman–Crippen LogP) is 2.55. The first kappa shape index (κ1) is 20.2. The van der Waals surface area contributed by atoms with Gasteiger partial charge in [0.1, 0.15) is 0 Å². The van der Waals surface area contributed by atoms with Crippen LogP contribution in [0.5, 0.6) is 0 Å². The molecule has 5 nitrogen and oxygen atoms in total. The summed E-state index contributed by atoms with van der Waals surface area (Å²) in [7, 11) is 3.23. The van der Waals surface area contributed by atoms with E-state index < -0.39 is 11.7 Å². The minimum atomic E-state index is -4.43. The predicted molar refractivity (Wildman–Crippen MR) is 89.1 cm³/mol. The van der Waals surface area contributed by atoms with Gasteiger partial charge in [0.25, 0.3) is 0 Å². The van der Waals surface area contributed by atoms with Crippen molar-refractivity contribution >= 4 is 11.8 Å². The Kier molecular flexibility index (Phi) is 6.63. The van der Waals surface area contributed by atoms with Crippen LogP contribution in [0.2, 0.25) is 0 Å². The molecule has 1 fully saturated rings. The highest BCUT2D eigenvalue weighted by Gasteiger charge is 2.33. The van der Waals surface area contributed by atoms with Gasteiger partial charge in [0.2, 0.25) is 11.8 Å². The number of likely N-dealkylation sites (N-methyl/N-ethyl adjacent to an activating group) is 1. The Morgan fingerprint density at radius 2 is 2.12 bits per heavy atom. The van der Waals surface area contributed by atoms with E-state index in [1.807, 2.05) is 0 Å². The van der Waals surface area contributed by atoms with Gasteiger partial charge in [-0.25, -0.2) is 0 Å². The summed E-state index contributed by atoms with van der Waals surface area (Å²) in [6.07, 6.45) is -3.76. The van der Waals surface area contributed by atoms with Crippen LogP contribution in [-0.4, -0.2) is 55.5 Å². The highest BCUT2D eigenvalue weighted by Crippen LogP contribution is 2.30. The Morgan fingerprint density at radius 1 is 1.38 bits per heavy atom.